The molecule has 2 aliphatic heterocycles. The third-order valence-corrected chi connectivity index (χ3v) is 6.73. The van der Waals surface area contributed by atoms with Crippen molar-refractivity contribution in [2.75, 3.05) is 11.4 Å². The normalized spacial score (nSPS) is 16.8. The fourth-order valence-corrected chi connectivity index (χ4v) is 5.31. The Labute approximate surface area is 190 Å². The molecular formula is C29H29N2O+. The van der Waals surface area contributed by atoms with E-state index in [4.69, 9.17) is 0 Å². The van der Waals surface area contributed by atoms with E-state index in [9.17, 15) is 4.79 Å². The molecule has 32 heavy (non-hydrogen) atoms. The topological polar surface area (TPSA) is 23.3 Å². The molecule has 0 saturated heterocycles. The van der Waals surface area contributed by atoms with E-state index < -0.39 is 0 Å². The van der Waals surface area contributed by atoms with Crippen molar-refractivity contribution in [3.05, 3.63) is 96.2 Å². The average molecular weight is 422 g/mol. The molecule has 3 aromatic carbocycles. The van der Waals surface area contributed by atoms with Crippen molar-refractivity contribution in [1.29, 1.82) is 0 Å². The van der Waals surface area contributed by atoms with Crippen LogP contribution in [-0.4, -0.2) is 22.7 Å². The number of hydrogen-bond donors (Lipinski definition) is 0. The van der Waals surface area contributed by atoms with Crippen molar-refractivity contribution in [1.82, 2.24) is 0 Å². The van der Waals surface area contributed by atoms with Crippen LogP contribution in [0.25, 0.3) is 10.8 Å². The summed E-state index contributed by atoms with van der Waals surface area (Å²) in [7, 11) is 0. The van der Waals surface area contributed by atoms with Crippen LogP contribution in [0.1, 0.15) is 38.3 Å². The summed E-state index contributed by atoms with van der Waals surface area (Å²) < 4.78 is 2.52. The van der Waals surface area contributed by atoms with Gasteiger partial charge in [-0.3, -0.25) is 9.69 Å². The van der Waals surface area contributed by atoms with Gasteiger partial charge in [0.1, 0.15) is 6.54 Å². The first kappa shape index (κ1) is 20.4. The minimum Gasteiger partial charge on any atom is -0.288 e. The summed E-state index contributed by atoms with van der Waals surface area (Å²) in [4.78, 5) is 13.8. The summed E-state index contributed by atoms with van der Waals surface area (Å²) in [6.45, 7) is 7.31. The zero-order valence-electron chi connectivity index (χ0n) is 19.0. The van der Waals surface area contributed by atoms with Gasteiger partial charge < -0.3 is 0 Å². The third-order valence-electron chi connectivity index (χ3n) is 6.73. The molecule has 0 bridgehead atoms. The van der Waals surface area contributed by atoms with Crippen LogP contribution < -0.4 is 4.90 Å². The number of para-hydroxylation sites is 1. The predicted octanol–water partition coefficient (Wildman–Crippen LogP) is 6.29. The number of benzene rings is 3. The number of rotatable bonds is 4. The number of carbonyl (C=O) groups is 1. The smallest absolute Gasteiger partial charge is 0.227 e. The van der Waals surface area contributed by atoms with E-state index in [1.54, 1.807) is 11.8 Å². The van der Waals surface area contributed by atoms with Crippen LogP contribution in [0, 0.1) is 0 Å². The van der Waals surface area contributed by atoms with Gasteiger partial charge in [-0.05, 0) is 55.3 Å². The molecule has 3 heteroatoms. The van der Waals surface area contributed by atoms with E-state index in [1.165, 1.54) is 39.7 Å². The number of nitrogens with zero attached hydrogens (tertiary/aromatic N) is 2. The van der Waals surface area contributed by atoms with Gasteiger partial charge in [-0.2, -0.15) is 4.58 Å². The van der Waals surface area contributed by atoms with Crippen molar-refractivity contribution >= 4 is 33.8 Å². The van der Waals surface area contributed by atoms with Crippen molar-refractivity contribution in [3.63, 3.8) is 0 Å². The Bertz CT molecular complexity index is 1300. The van der Waals surface area contributed by atoms with Crippen LogP contribution in [0.3, 0.4) is 0 Å². The molecular weight excluding hydrogens is 392 g/mol. The Morgan fingerprint density at radius 3 is 2.56 bits per heavy atom. The minimum atomic E-state index is -0.0840. The highest BCUT2D eigenvalue weighted by Crippen LogP contribution is 2.48. The zero-order chi connectivity index (χ0) is 22.3. The lowest BCUT2D eigenvalue weighted by Gasteiger charge is -2.19. The molecule has 0 atom stereocenters. The lowest BCUT2D eigenvalue weighted by Crippen LogP contribution is -2.28. The average Bonchev–Trinajstić information content (AvgIpc) is 3.02. The molecule has 5 rings (SSSR count). The Kier molecular flexibility index (Phi) is 5.05. The van der Waals surface area contributed by atoms with E-state index in [0.717, 1.165) is 18.7 Å². The monoisotopic (exact) mass is 421 g/mol. The number of fused-ring (bicyclic) bond motifs is 2. The second kappa shape index (κ2) is 7.90. The lowest BCUT2D eigenvalue weighted by atomic mass is 9.78. The third kappa shape index (κ3) is 3.29. The van der Waals surface area contributed by atoms with Gasteiger partial charge in [0.25, 0.3) is 0 Å². The van der Waals surface area contributed by atoms with Crippen molar-refractivity contribution in [2.24, 2.45) is 0 Å². The Morgan fingerprint density at radius 2 is 1.78 bits per heavy atom. The summed E-state index contributed by atoms with van der Waals surface area (Å²) in [6.07, 6.45) is 10.4. The molecule has 0 unspecified atom stereocenters. The van der Waals surface area contributed by atoms with Crippen LogP contribution in [0.5, 0.6) is 0 Å². The van der Waals surface area contributed by atoms with Crippen LogP contribution in [0.4, 0.5) is 11.4 Å². The van der Waals surface area contributed by atoms with E-state index >= 15 is 0 Å². The fraction of sp³-hybridized carbons (Fsp3) is 0.241. The van der Waals surface area contributed by atoms with Gasteiger partial charge >= 0.3 is 0 Å². The zero-order valence-corrected chi connectivity index (χ0v) is 19.0. The maximum Gasteiger partial charge on any atom is 0.227 e. The quantitative estimate of drug-likeness (QED) is 0.359. The largest absolute Gasteiger partial charge is 0.288 e. The molecule has 160 valence electrons. The van der Waals surface area contributed by atoms with Gasteiger partial charge in [0, 0.05) is 42.4 Å². The molecule has 0 fully saturated rings. The molecule has 3 nitrogen and oxygen atoms in total. The molecule has 2 heterocycles. The minimum absolute atomic E-state index is 0.00533. The predicted molar refractivity (Wildman–Crippen MR) is 133 cm³/mol. The van der Waals surface area contributed by atoms with Gasteiger partial charge in [0.05, 0.1) is 5.41 Å². The summed E-state index contributed by atoms with van der Waals surface area (Å²) in [5.41, 5.74) is 6.44. The first-order valence-electron chi connectivity index (χ1n) is 11.4. The maximum absolute atomic E-state index is 12.2. The summed E-state index contributed by atoms with van der Waals surface area (Å²) in [5.74, 6) is -0.00533. The molecule has 0 N–H and O–H groups in total. The fourth-order valence-electron chi connectivity index (χ4n) is 5.31. The Morgan fingerprint density at radius 1 is 1.03 bits per heavy atom. The summed E-state index contributed by atoms with van der Waals surface area (Å²) in [6, 6.07) is 20.9. The van der Waals surface area contributed by atoms with Crippen LogP contribution in [0.15, 0.2) is 85.1 Å². The van der Waals surface area contributed by atoms with Gasteiger partial charge in [-0.25, -0.2) is 0 Å². The maximum atomic E-state index is 12.2. The van der Waals surface area contributed by atoms with Crippen LogP contribution >= 0.6 is 0 Å². The highest BCUT2D eigenvalue weighted by atomic mass is 16.2. The number of allylic oxidation sites excluding steroid dienone is 3. The number of hydrogen-bond acceptors (Lipinski definition) is 1. The lowest BCUT2D eigenvalue weighted by molar-refractivity contribution is -0.443. The van der Waals surface area contributed by atoms with Crippen molar-refractivity contribution in [3.8, 4) is 0 Å². The highest BCUT2D eigenvalue weighted by molar-refractivity contribution is 6.08. The second-order valence-corrected chi connectivity index (χ2v) is 9.17. The van der Waals surface area contributed by atoms with E-state index in [2.05, 4.69) is 60.9 Å². The van der Waals surface area contributed by atoms with E-state index in [-0.39, 0.29) is 11.3 Å². The molecule has 2 aliphatic rings. The highest BCUT2D eigenvalue weighted by Gasteiger charge is 2.47. The molecule has 1 amide bonds. The van der Waals surface area contributed by atoms with E-state index in [0.29, 0.717) is 0 Å². The number of anilines is 1. The SMILES string of the molecule is CC(=O)N(/C=C/C=C/C1=[N+]2CCCc3cc4ccccc4c(c32)C1(C)C)c1ccccc1. The number of aryl methyl sites for hydroxylation is 1. The van der Waals surface area contributed by atoms with Gasteiger partial charge in [0.15, 0.2) is 5.71 Å². The standard InChI is InChI=1S/C29H29N2O/c1-21(32)30(24-14-5-4-6-15-24)18-10-9-17-26-29(2,3)27-25-16-8-7-12-22(25)20-23-13-11-19-31(26)28(23)27/h4-10,12,14-18,20H,11,13,19H2,1-3H3/q+1. The summed E-state index contributed by atoms with van der Waals surface area (Å²) >= 11 is 0. The second-order valence-electron chi connectivity index (χ2n) is 9.17. The first-order valence-corrected chi connectivity index (χ1v) is 11.4. The van der Waals surface area contributed by atoms with Crippen molar-refractivity contribution < 1.29 is 9.37 Å². The van der Waals surface area contributed by atoms with Crippen LogP contribution in [-0.2, 0) is 16.6 Å². The molecule has 0 aliphatic carbocycles. The number of amides is 1. The molecule has 0 saturated carbocycles. The Balaban J connectivity index is 1.53. The van der Waals surface area contributed by atoms with Crippen LogP contribution in [0.2, 0.25) is 0 Å². The molecule has 0 aromatic heterocycles. The van der Waals surface area contributed by atoms with Gasteiger partial charge in [-0.15, -0.1) is 0 Å². The Hall–Kier alpha value is -3.46. The first-order chi connectivity index (χ1) is 15.5. The molecule has 0 spiro atoms. The summed E-state index contributed by atoms with van der Waals surface area (Å²) in [5, 5.41) is 2.69. The van der Waals surface area contributed by atoms with E-state index in [1.807, 2.05) is 42.6 Å². The number of carbonyl (C=O) groups excluding carboxylic acids is 1. The van der Waals surface area contributed by atoms with Gasteiger partial charge in [0.2, 0.25) is 11.6 Å². The van der Waals surface area contributed by atoms with Gasteiger partial charge in [-0.1, -0.05) is 48.5 Å². The van der Waals surface area contributed by atoms with Crippen molar-refractivity contribution in [2.45, 2.75) is 39.0 Å². The molecule has 0 radical (unpaired) electrons. The molecule has 3 aromatic rings.